The highest BCUT2D eigenvalue weighted by Gasteiger charge is 2.31. The first kappa shape index (κ1) is 12.7. The fraction of sp³-hybridized carbons (Fsp3) is 0.600. The van der Waals surface area contributed by atoms with Gasteiger partial charge in [0.05, 0.1) is 0 Å². The molecule has 0 aromatic heterocycles. The van der Waals surface area contributed by atoms with Crippen LogP contribution in [0.3, 0.4) is 0 Å². The second-order valence-corrected chi connectivity index (χ2v) is 2.45. The van der Waals surface area contributed by atoms with Crippen molar-refractivity contribution in [3.63, 3.8) is 0 Å². The Hall–Kier alpha value is -2.26. The third kappa shape index (κ3) is 3.54. The molecule has 0 aromatic rings. The molecule has 84 valence electrons. The lowest BCUT2D eigenvalue weighted by Crippen LogP contribution is -2.47. The number of nitro groups is 2. The van der Waals surface area contributed by atoms with Gasteiger partial charge in [0, 0.05) is 13.8 Å². The fourth-order valence-corrected chi connectivity index (χ4v) is 0.659. The van der Waals surface area contributed by atoms with Crippen molar-refractivity contribution in [1.82, 2.24) is 10.0 Å². The normalized spacial score (nSPS) is 9.20. The highest BCUT2D eigenvalue weighted by atomic mass is 16.7. The molecule has 0 heterocycles. The Balaban J connectivity index is 4.77. The molecule has 15 heavy (non-hydrogen) atoms. The van der Waals surface area contributed by atoms with Crippen LogP contribution in [0.25, 0.3) is 0 Å². The number of nitrogens with zero attached hydrogens (tertiary/aromatic N) is 4. The van der Waals surface area contributed by atoms with Crippen molar-refractivity contribution < 1.29 is 19.7 Å². The highest BCUT2D eigenvalue weighted by Crippen LogP contribution is 1.97. The largest absolute Gasteiger partial charge is 0.282 e. The van der Waals surface area contributed by atoms with Gasteiger partial charge in [-0.1, -0.05) is 0 Å². The number of carbonyl (C=O) groups is 2. The number of hydrogen-bond acceptors (Lipinski definition) is 6. The van der Waals surface area contributed by atoms with Gasteiger partial charge in [0.2, 0.25) is 6.67 Å². The first-order chi connectivity index (χ1) is 6.77. The topological polar surface area (TPSA) is 127 Å². The average Bonchev–Trinajstić information content (AvgIpc) is 2.01. The second kappa shape index (κ2) is 4.83. The molecule has 0 atom stereocenters. The SMILES string of the molecule is CC(=O)N(CN(C(C)=O)[N+](=O)[O-])[N+](=O)[O-]. The molecule has 0 saturated carbocycles. The van der Waals surface area contributed by atoms with E-state index in [0.717, 1.165) is 13.8 Å². The maximum atomic E-state index is 10.7. The zero-order valence-electron chi connectivity index (χ0n) is 7.95. The van der Waals surface area contributed by atoms with E-state index < -0.39 is 28.5 Å². The summed E-state index contributed by atoms with van der Waals surface area (Å²) in [7, 11) is 0. The second-order valence-electron chi connectivity index (χ2n) is 2.45. The van der Waals surface area contributed by atoms with Gasteiger partial charge in [-0.3, -0.25) is 9.59 Å². The van der Waals surface area contributed by atoms with Crippen LogP contribution in [-0.2, 0) is 9.59 Å². The molecule has 0 N–H and O–H groups in total. The minimum Gasteiger partial charge on any atom is -0.269 e. The average molecular weight is 220 g/mol. The molecule has 0 unspecified atom stereocenters. The molecule has 10 nitrogen and oxygen atoms in total. The fourth-order valence-electron chi connectivity index (χ4n) is 0.659. The number of hydrogen-bond donors (Lipinski definition) is 0. The molecule has 0 bridgehead atoms. The van der Waals surface area contributed by atoms with E-state index in [1.807, 2.05) is 0 Å². The molecular formula is C5H8N4O6. The lowest BCUT2D eigenvalue weighted by molar-refractivity contribution is -0.687. The highest BCUT2D eigenvalue weighted by molar-refractivity contribution is 5.74. The Morgan fingerprint density at radius 2 is 1.27 bits per heavy atom. The molecule has 0 fully saturated rings. The van der Waals surface area contributed by atoms with Crippen LogP contribution in [0, 0.1) is 20.2 Å². The molecule has 0 rings (SSSR count). The van der Waals surface area contributed by atoms with E-state index >= 15 is 0 Å². The standard InChI is InChI=1S/C5H8N4O6/c1-4(10)6(8(12)13)3-7(5(2)11)9(14)15/h3H2,1-2H3. The Morgan fingerprint density at radius 1 is 1.00 bits per heavy atom. The minimum absolute atomic E-state index is 0.0375. The Labute approximate surface area is 83.3 Å². The van der Waals surface area contributed by atoms with E-state index in [-0.39, 0.29) is 10.0 Å². The van der Waals surface area contributed by atoms with Crippen LogP contribution < -0.4 is 0 Å². The van der Waals surface area contributed by atoms with Gasteiger partial charge in [-0.15, -0.1) is 0 Å². The summed E-state index contributed by atoms with van der Waals surface area (Å²) < 4.78 is 0. The molecule has 0 spiro atoms. The first-order valence-electron chi connectivity index (χ1n) is 3.62. The third-order valence-electron chi connectivity index (χ3n) is 1.39. The van der Waals surface area contributed by atoms with Gasteiger partial charge in [-0.25, -0.2) is 20.2 Å². The van der Waals surface area contributed by atoms with Crippen LogP contribution in [0.4, 0.5) is 0 Å². The molecule has 0 aliphatic carbocycles. The lowest BCUT2D eigenvalue weighted by Gasteiger charge is -2.13. The molecule has 0 aromatic carbocycles. The Kier molecular flexibility index (Phi) is 4.10. The van der Waals surface area contributed by atoms with Crippen LogP contribution in [0.15, 0.2) is 0 Å². The summed E-state index contributed by atoms with van der Waals surface area (Å²) in [5.74, 6) is -2.01. The van der Waals surface area contributed by atoms with Crippen molar-refractivity contribution >= 4 is 11.8 Å². The summed E-state index contributed by atoms with van der Waals surface area (Å²) in [4.78, 5) is 41.9. The van der Waals surface area contributed by atoms with Gasteiger partial charge < -0.3 is 0 Å². The van der Waals surface area contributed by atoms with Gasteiger partial charge in [0.25, 0.3) is 11.8 Å². The smallest absolute Gasteiger partial charge is 0.269 e. The lowest BCUT2D eigenvalue weighted by atomic mass is 10.6. The van der Waals surface area contributed by atoms with Gasteiger partial charge in [0.1, 0.15) is 0 Å². The van der Waals surface area contributed by atoms with E-state index in [2.05, 4.69) is 0 Å². The first-order valence-corrected chi connectivity index (χ1v) is 3.62. The summed E-state index contributed by atoms with van der Waals surface area (Å²) in [5.41, 5.74) is 0. The van der Waals surface area contributed by atoms with Crippen molar-refractivity contribution in [1.29, 1.82) is 0 Å². The van der Waals surface area contributed by atoms with E-state index in [1.54, 1.807) is 0 Å². The van der Waals surface area contributed by atoms with Gasteiger partial charge in [-0.2, -0.15) is 0 Å². The molecule has 0 aliphatic heterocycles. The summed E-state index contributed by atoms with van der Waals surface area (Å²) >= 11 is 0. The van der Waals surface area contributed by atoms with Crippen molar-refractivity contribution in [2.75, 3.05) is 6.67 Å². The number of carbonyl (C=O) groups excluding carboxylic acids is 2. The Morgan fingerprint density at radius 3 is 1.40 bits per heavy atom. The van der Waals surface area contributed by atoms with E-state index in [0.29, 0.717) is 0 Å². The zero-order chi connectivity index (χ0) is 12.2. The van der Waals surface area contributed by atoms with Gasteiger partial charge in [-0.05, 0) is 10.0 Å². The maximum absolute atomic E-state index is 10.7. The molecule has 0 radical (unpaired) electrons. The predicted octanol–water partition coefficient (Wildman–Crippen LogP) is -0.976. The van der Waals surface area contributed by atoms with Gasteiger partial charge >= 0.3 is 0 Å². The van der Waals surface area contributed by atoms with Crippen LogP contribution >= 0.6 is 0 Å². The molecular weight excluding hydrogens is 212 g/mol. The maximum Gasteiger partial charge on any atom is 0.282 e. The quantitative estimate of drug-likeness (QED) is 0.340. The van der Waals surface area contributed by atoms with Crippen molar-refractivity contribution in [3.8, 4) is 0 Å². The van der Waals surface area contributed by atoms with Crippen molar-refractivity contribution in [2.24, 2.45) is 0 Å². The summed E-state index contributed by atoms with van der Waals surface area (Å²) in [6.45, 7) is 0.701. The number of amides is 2. The summed E-state index contributed by atoms with van der Waals surface area (Å²) in [6.07, 6.45) is 0. The minimum atomic E-state index is -1.12. The van der Waals surface area contributed by atoms with Crippen molar-refractivity contribution in [3.05, 3.63) is 20.2 Å². The number of hydrazine groups is 2. The zero-order valence-corrected chi connectivity index (χ0v) is 7.95. The van der Waals surface area contributed by atoms with Crippen LogP contribution in [0.5, 0.6) is 0 Å². The van der Waals surface area contributed by atoms with E-state index in [1.165, 1.54) is 0 Å². The van der Waals surface area contributed by atoms with Crippen LogP contribution in [0.2, 0.25) is 0 Å². The van der Waals surface area contributed by atoms with Crippen LogP contribution in [0.1, 0.15) is 13.8 Å². The predicted molar refractivity (Wildman–Crippen MR) is 43.9 cm³/mol. The van der Waals surface area contributed by atoms with E-state index in [4.69, 9.17) is 0 Å². The summed E-state index contributed by atoms with van der Waals surface area (Å²) in [5, 5.41) is 18.2. The molecule has 0 saturated heterocycles. The molecule has 0 aliphatic rings. The molecule has 10 heteroatoms. The van der Waals surface area contributed by atoms with Gasteiger partial charge in [0.15, 0.2) is 10.1 Å². The van der Waals surface area contributed by atoms with Crippen molar-refractivity contribution in [2.45, 2.75) is 13.8 Å². The monoisotopic (exact) mass is 220 g/mol. The van der Waals surface area contributed by atoms with E-state index in [9.17, 15) is 29.8 Å². The molecule has 2 amide bonds. The third-order valence-corrected chi connectivity index (χ3v) is 1.39. The summed E-state index contributed by atoms with van der Waals surface area (Å²) in [6, 6.07) is 0. The number of rotatable bonds is 4. The van der Waals surface area contributed by atoms with Crippen LogP contribution in [-0.4, -0.2) is 38.6 Å². The Bertz CT molecular complexity index is 257.